The van der Waals surface area contributed by atoms with Crippen LogP contribution >= 0.6 is 47.2 Å². The van der Waals surface area contributed by atoms with E-state index in [2.05, 4.69) is 5.32 Å². The van der Waals surface area contributed by atoms with Gasteiger partial charge < -0.3 is 14.8 Å². The molecule has 1 amide bonds. The molecule has 2 aromatic rings. The molecule has 0 atom stereocenters. The van der Waals surface area contributed by atoms with E-state index < -0.39 is 0 Å². The van der Waals surface area contributed by atoms with E-state index >= 15 is 0 Å². The quantitative estimate of drug-likeness (QED) is 0.535. The van der Waals surface area contributed by atoms with Crippen molar-refractivity contribution in [2.45, 2.75) is 6.61 Å². The van der Waals surface area contributed by atoms with Gasteiger partial charge in [-0.2, -0.15) is 0 Å². The number of benzene rings is 2. The first-order valence-electron chi connectivity index (χ1n) is 7.46. The van der Waals surface area contributed by atoms with Gasteiger partial charge in [0, 0.05) is 5.56 Å². The maximum Gasteiger partial charge on any atom is 0.263 e. The average Bonchev–Trinajstić information content (AvgIpc) is 2.93. The molecular weight excluding hydrogens is 413 g/mol. The van der Waals surface area contributed by atoms with E-state index in [0.717, 1.165) is 5.56 Å². The molecule has 4 nitrogen and oxygen atoms in total. The summed E-state index contributed by atoms with van der Waals surface area (Å²) in [5, 5.41) is 3.54. The molecule has 1 aliphatic heterocycles. The van der Waals surface area contributed by atoms with Crippen molar-refractivity contribution in [3.8, 4) is 11.5 Å². The monoisotopic (exact) mass is 425 g/mol. The molecule has 1 aliphatic rings. The summed E-state index contributed by atoms with van der Waals surface area (Å²) < 4.78 is 11.8. The zero-order valence-electron chi connectivity index (χ0n) is 13.5. The van der Waals surface area contributed by atoms with Crippen LogP contribution in [0.15, 0.2) is 41.3 Å². The van der Waals surface area contributed by atoms with Gasteiger partial charge in [-0.25, -0.2) is 0 Å². The van der Waals surface area contributed by atoms with Crippen LogP contribution in [0.3, 0.4) is 0 Å². The molecule has 1 fully saturated rings. The number of hydrogen-bond donors (Lipinski definition) is 1. The van der Waals surface area contributed by atoms with E-state index in [9.17, 15) is 4.79 Å². The predicted octanol–water partition coefficient (Wildman–Crippen LogP) is 5.07. The Morgan fingerprint density at radius 1 is 1.23 bits per heavy atom. The fourth-order valence-electron chi connectivity index (χ4n) is 2.31. The van der Waals surface area contributed by atoms with Crippen molar-refractivity contribution < 1.29 is 14.3 Å². The summed E-state index contributed by atoms with van der Waals surface area (Å²) in [6.45, 7) is 0.269. The summed E-state index contributed by atoms with van der Waals surface area (Å²) in [5.74, 6) is 0.864. The van der Waals surface area contributed by atoms with Crippen molar-refractivity contribution in [2.75, 3.05) is 7.11 Å². The molecule has 1 saturated heterocycles. The fourth-order valence-corrected chi connectivity index (χ4v) is 3.66. The molecule has 26 heavy (non-hydrogen) atoms. The molecule has 3 rings (SSSR count). The van der Waals surface area contributed by atoms with Crippen LogP contribution in [0.5, 0.6) is 11.5 Å². The van der Waals surface area contributed by atoms with E-state index in [0.29, 0.717) is 36.3 Å². The molecule has 0 radical (unpaired) electrons. The first-order valence-corrected chi connectivity index (χ1v) is 9.44. The molecule has 1 N–H and O–H groups in total. The van der Waals surface area contributed by atoms with Crippen molar-refractivity contribution in [2.24, 2.45) is 0 Å². The van der Waals surface area contributed by atoms with Crippen LogP contribution in [-0.4, -0.2) is 17.3 Å². The Morgan fingerprint density at radius 2 is 2.04 bits per heavy atom. The summed E-state index contributed by atoms with van der Waals surface area (Å²) in [5.41, 5.74) is 1.57. The van der Waals surface area contributed by atoms with Crippen LogP contribution in [0, 0.1) is 0 Å². The second kappa shape index (κ2) is 8.31. The number of thioether (sulfide) groups is 1. The third kappa shape index (κ3) is 4.32. The highest BCUT2D eigenvalue weighted by Crippen LogP contribution is 2.36. The SMILES string of the molecule is COc1cccc(/C=C2\SC(=S)NC2=O)c1OCc1ccc(Cl)c(Cl)c1. The van der Waals surface area contributed by atoms with Gasteiger partial charge in [0.2, 0.25) is 0 Å². The first kappa shape index (κ1) is 19.0. The van der Waals surface area contributed by atoms with Crippen LogP contribution in [0.25, 0.3) is 6.08 Å². The molecule has 0 spiro atoms. The van der Waals surface area contributed by atoms with Crippen molar-refractivity contribution in [3.63, 3.8) is 0 Å². The summed E-state index contributed by atoms with van der Waals surface area (Å²) in [6, 6.07) is 10.8. The second-order valence-electron chi connectivity index (χ2n) is 5.27. The van der Waals surface area contributed by atoms with Gasteiger partial charge in [0.15, 0.2) is 11.5 Å². The number of para-hydroxylation sites is 1. The third-order valence-corrected chi connectivity index (χ3v) is 5.43. The van der Waals surface area contributed by atoms with Crippen LogP contribution in [0.4, 0.5) is 0 Å². The van der Waals surface area contributed by atoms with Crippen LogP contribution in [-0.2, 0) is 11.4 Å². The standard InChI is InChI=1S/C18H13Cl2NO3S2/c1-23-14-4-2-3-11(8-15-17(22)21-18(25)26-15)16(14)24-9-10-5-6-12(19)13(20)7-10/h2-8H,9H2,1H3,(H,21,22,25)/b15-8-. The molecule has 0 unspecified atom stereocenters. The van der Waals surface area contributed by atoms with Gasteiger partial charge in [-0.3, -0.25) is 4.79 Å². The largest absolute Gasteiger partial charge is 0.493 e. The summed E-state index contributed by atoms with van der Waals surface area (Å²) in [6.07, 6.45) is 1.73. The van der Waals surface area contributed by atoms with E-state index in [-0.39, 0.29) is 12.5 Å². The number of nitrogens with one attached hydrogen (secondary N) is 1. The van der Waals surface area contributed by atoms with Gasteiger partial charge in [-0.1, -0.05) is 65.4 Å². The summed E-state index contributed by atoms with van der Waals surface area (Å²) in [4.78, 5) is 12.4. The number of halogens is 2. The van der Waals surface area contributed by atoms with E-state index in [1.165, 1.54) is 11.8 Å². The Bertz CT molecular complexity index is 915. The minimum atomic E-state index is -0.224. The number of thiocarbonyl (C=S) groups is 1. The Labute approximate surface area is 170 Å². The molecule has 0 aromatic heterocycles. The van der Waals surface area contributed by atoms with Crippen LogP contribution < -0.4 is 14.8 Å². The Kier molecular flexibility index (Phi) is 6.09. The predicted molar refractivity (Wildman–Crippen MR) is 110 cm³/mol. The minimum absolute atomic E-state index is 0.224. The lowest BCUT2D eigenvalue weighted by atomic mass is 10.1. The molecule has 0 saturated carbocycles. The number of carbonyl (C=O) groups is 1. The Balaban J connectivity index is 1.90. The Hall–Kier alpha value is -1.73. The topological polar surface area (TPSA) is 47.6 Å². The number of amides is 1. The van der Waals surface area contributed by atoms with Gasteiger partial charge in [0.1, 0.15) is 10.9 Å². The van der Waals surface area contributed by atoms with Crippen molar-refractivity contribution >= 4 is 63.5 Å². The van der Waals surface area contributed by atoms with E-state index in [4.69, 9.17) is 44.9 Å². The maximum absolute atomic E-state index is 11.9. The molecule has 0 aliphatic carbocycles. The lowest BCUT2D eigenvalue weighted by molar-refractivity contribution is -0.115. The lowest BCUT2D eigenvalue weighted by Crippen LogP contribution is -2.17. The molecule has 8 heteroatoms. The average molecular weight is 426 g/mol. The summed E-state index contributed by atoms with van der Waals surface area (Å²) in [7, 11) is 1.56. The fraction of sp³-hybridized carbons (Fsp3) is 0.111. The molecular formula is C18H13Cl2NO3S2. The molecule has 2 aromatic carbocycles. The minimum Gasteiger partial charge on any atom is -0.493 e. The maximum atomic E-state index is 11.9. The number of methoxy groups -OCH3 is 1. The molecule has 0 bridgehead atoms. The summed E-state index contributed by atoms with van der Waals surface area (Å²) >= 11 is 18.2. The number of carbonyl (C=O) groups excluding carboxylic acids is 1. The van der Waals surface area contributed by atoms with Crippen molar-refractivity contribution in [1.82, 2.24) is 5.32 Å². The van der Waals surface area contributed by atoms with Gasteiger partial charge in [0.25, 0.3) is 5.91 Å². The van der Waals surface area contributed by atoms with Gasteiger partial charge in [-0.15, -0.1) is 0 Å². The molecule has 1 heterocycles. The Morgan fingerprint density at radius 3 is 2.69 bits per heavy atom. The highest BCUT2D eigenvalue weighted by atomic mass is 35.5. The number of rotatable bonds is 5. The second-order valence-corrected chi connectivity index (χ2v) is 7.80. The third-order valence-electron chi connectivity index (χ3n) is 3.53. The molecule has 134 valence electrons. The zero-order chi connectivity index (χ0) is 18.7. The van der Waals surface area contributed by atoms with Crippen LogP contribution in [0.1, 0.15) is 11.1 Å². The smallest absolute Gasteiger partial charge is 0.263 e. The lowest BCUT2D eigenvalue weighted by Gasteiger charge is -2.14. The zero-order valence-corrected chi connectivity index (χ0v) is 16.7. The van der Waals surface area contributed by atoms with Crippen molar-refractivity contribution in [1.29, 1.82) is 0 Å². The van der Waals surface area contributed by atoms with Crippen molar-refractivity contribution in [3.05, 3.63) is 62.5 Å². The van der Waals surface area contributed by atoms with Gasteiger partial charge in [-0.05, 0) is 29.8 Å². The van der Waals surface area contributed by atoms with E-state index in [1.807, 2.05) is 18.2 Å². The number of ether oxygens (including phenoxy) is 2. The van der Waals surface area contributed by atoms with Gasteiger partial charge in [0.05, 0.1) is 22.1 Å². The highest BCUT2D eigenvalue weighted by Gasteiger charge is 2.23. The normalized spacial score (nSPS) is 15.3. The van der Waals surface area contributed by atoms with Crippen LogP contribution in [0.2, 0.25) is 10.0 Å². The van der Waals surface area contributed by atoms with E-state index in [1.54, 1.807) is 31.4 Å². The highest BCUT2D eigenvalue weighted by molar-refractivity contribution is 8.26. The first-order chi connectivity index (χ1) is 12.5. The number of hydrogen-bond acceptors (Lipinski definition) is 5. The van der Waals surface area contributed by atoms with Gasteiger partial charge >= 0.3 is 0 Å².